The molecule has 0 saturated heterocycles. The Morgan fingerprint density at radius 1 is 0.800 bits per heavy atom. The molecule has 0 atom stereocenters. The Balaban J connectivity index is 2.38. The molecular formula is C30H37NO7SSi. The van der Waals surface area contributed by atoms with Gasteiger partial charge in [0.15, 0.2) is 0 Å². The number of rotatable bonds is 7. The van der Waals surface area contributed by atoms with Crippen LogP contribution in [-0.4, -0.2) is 40.7 Å². The summed E-state index contributed by atoms with van der Waals surface area (Å²) in [5.41, 5.74) is -1.10. The number of ether oxygens (including phenoxy) is 2. The zero-order chi connectivity index (χ0) is 29.9. The molecule has 0 aliphatic rings. The van der Waals surface area contributed by atoms with E-state index >= 15 is 0 Å². The van der Waals surface area contributed by atoms with Crippen LogP contribution in [0.4, 0.5) is 10.5 Å². The van der Waals surface area contributed by atoms with Gasteiger partial charge in [-0.3, -0.25) is 4.79 Å². The minimum absolute atomic E-state index is 0.0505. The van der Waals surface area contributed by atoms with Crippen molar-refractivity contribution >= 4 is 46.5 Å². The SMILES string of the molecule is CC(=O)Oc1ccc(O[Si](c2ccccc2)(c2ccccc2)C(C)(C)C)c(N(C(=O)OC(C)(C)C)S(C)(=O)=O)c1. The molecule has 0 aliphatic heterocycles. The van der Waals surface area contributed by atoms with Crippen LogP contribution in [0, 0.1) is 0 Å². The molecule has 3 aromatic rings. The van der Waals surface area contributed by atoms with Crippen LogP contribution in [0.5, 0.6) is 11.5 Å². The molecule has 0 saturated carbocycles. The van der Waals surface area contributed by atoms with Gasteiger partial charge in [0, 0.05) is 13.0 Å². The number of benzene rings is 3. The standard InChI is InChI=1S/C30H37NO7SSi/c1-22(32)36-23-19-20-27(26(21-23)31(39(8,34)35)28(33)37-29(2,3)4)38-40(30(5,6)7,24-15-11-9-12-16-24)25-17-13-10-14-18-25/h9-21H,1-8H3. The van der Waals surface area contributed by atoms with Gasteiger partial charge in [0.1, 0.15) is 22.8 Å². The number of amides is 1. The molecule has 0 spiro atoms. The van der Waals surface area contributed by atoms with Gasteiger partial charge in [-0.25, -0.2) is 13.2 Å². The van der Waals surface area contributed by atoms with Gasteiger partial charge in [-0.15, -0.1) is 0 Å². The lowest BCUT2D eigenvalue weighted by molar-refractivity contribution is -0.131. The Kier molecular flexibility index (Phi) is 8.86. The van der Waals surface area contributed by atoms with E-state index in [4.69, 9.17) is 13.9 Å². The monoisotopic (exact) mass is 583 g/mol. The molecule has 3 rings (SSSR count). The Labute approximate surface area is 238 Å². The van der Waals surface area contributed by atoms with E-state index in [0.29, 0.717) is 4.31 Å². The van der Waals surface area contributed by atoms with Crippen LogP contribution in [0.1, 0.15) is 48.5 Å². The molecule has 0 bridgehead atoms. The quantitative estimate of drug-likeness (QED) is 0.213. The summed E-state index contributed by atoms with van der Waals surface area (Å²) in [7, 11) is -7.46. The van der Waals surface area contributed by atoms with Crippen molar-refractivity contribution in [3.63, 3.8) is 0 Å². The van der Waals surface area contributed by atoms with Crippen molar-refractivity contribution in [2.24, 2.45) is 0 Å². The van der Waals surface area contributed by atoms with E-state index in [9.17, 15) is 18.0 Å². The van der Waals surface area contributed by atoms with E-state index < -0.39 is 41.0 Å². The molecule has 8 nitrogen and oxygen atoms in total. The van der Waals surface area contributed by atoms with Crippen LogP contribution >= 0.6 is 0 Å². The maximum absolute atomic E-state index is 13.4. The van der Waals surface area contributed by atoms with E-state index in [-0.39, 0.29) is 17.2 Å². The Hall–Kier alpha value is -3.63. The van der Waals surface area contributed by atoms with Crippen LogP contribution in [0.2, 0.25) is 5.04 Å². The van der Waals surface area contributed by atoms with Crippen LogP contribution in [-0.2, 0) is 19.6 Å². The topological polar surface area (TPSA) is 99.2 Å². The highest BCUT2D eigenvalue weighted by atomic mass is 32.2. The Morgan fingerprint density at radius 2 is 1.30 bits per heavy atom. The predicted octanol–water partition coefficient (Wildman–Crippen LogP) is 5.25. The second kappa shape index (κ2) is 11.5. The van der Waals surface area contributed by atoms with Gasteiger partial charge >= 0.3 is 20.4 Å². The first-order valence-electron chi connectivity index (χ1n) is 12.8. The van der Waals surface area contributed by atoms with E-state index in [1.54, 1.807) is 20.8 Å². The summed E-state index contributed by atoms with van der Waals surface area (Å²) < 4.78 is 44.6. The van der Waals surface area contributed by atoms with Gasteiger partial charge in [-0.1, -0.05) is 81.4 Å². The van der Waals surface area contributed by atoms with E-state index in [1.165, 1.54) is 25.1 Å². The van der Waals surface area contributed by atoms with Gasteiger partial charge in [0.25, 0.3) is 0 Å². The van der Waals surface area contributed by atoms with Gasteiger partial charge < -0.3 is 13.9 Å². The fraction of sp³-hybridized carbons (Fsp3) is 0.333. The summed E-state index contributed by atoms with van der Waals surface area (Å²) in [4.78, 5) is 25.1. The van der Waals surface area contributed by atoms with E-state index in [1.807, 2.05) is 60.7 Å². The molecular weight excluding hydrogens is 546 g/mol. The zero-order valence-corrected chi connectivity index (χ0v) is 26.0. The maximum atomic E-state index is 13.4. The number of hydrogen-bond donors (Lipinski definition) is 0. The van der Waals surface area contributed by atoms with Crippen LogP contribution in [0.3, 0.4) is 0 Å². The van der Waals surface area contributed by atoms with Crippen molar-refractivity contribution < 1.29 is 31.9 Å². The second-order valence-corrected chi connectivity index (χ2v) is 17.5. The lowest BCUT2D eigenvalue weighted by atomic mass is 10.2. The molecule has 3 aromatic carbocycles. The molecule has 214 valence electrons. The van der Waals surface area contributed by atoms with E-state index in [2.05, 4.69) is 20.8 Å². The normalized spacial score (nSPS) is 12.4. The number of anilines is 1. The van der Waals surface area contributed by atoms with Crippen molar-refractivity contribution in [3.05, 3.63) is 78.9 Å². The third-order valence-corrected chi connectivity index (χ3v) is 11.9. The molecule has 0 aromatic heterocycles. The minimum atomic E-state index is -4.22. The fourth-order valence-corrected chi connectivity index (χ4v) is 9.74. The van der Waals surface area contributed by atoms with Gasteiger partial charge in [0.05, 0.1) is 6.26 Å². The van der Waals surface area contributed by atoms with Crippen LogP contribution < -0.4 is 23.8 Å². The summed E-state index contributed by atoms with van der Waals surface area (Å²) in [6.07, 6.45) is -0.204. The lowest BCUT2D eigenvalue weighted by Gasteiger charge is -2.43. The van der Waals surface area contributed by atoms with Crippen LogP contribution in [0.25, 0.3) is 0 Å². The summed E-state index contributed by atoms with van der Waals surface area (Å²) in [5.74, 6) is -0.425. The predicted molar refractivity (Wildman–Crippen MR) is 160 cm³/mol. The zero-order valence-electron chi connectivity index (χ0n) is 24.2. The van der Waals surface area contributed by atoms with Gasteiger partial charge in [-0.05, 0) is 48.3 Å². The number of carbonyl (C=O) groups excluding carboxylic acids is 2. The summed E-state index contributed by atoms with van der Waals surface area (Å²) in [6.45, 7) is 12.4. The maximum Gasteiger partial charge on any atom is 0.429 e. The van der Waals surface area contributed by atoms with Crippen LogP contribution in [0.15, 0.2) is 78.9 Å². The molecule has 0 heterocycles. The van der Waals surface area contributed by atoms with Gasteiger partial charge in [-0.2, -0.15) is 4.31 Å². The van der Waals surface area contributed by atoms with Crippen molar-refractivity contribution in [1.82, 2.24) is 0 Å². The lowest BCUT2D eigenvalue weighted by Crippen LogP contribution is -2.69. The van der Waals surface area contributed by atoms with Crippen molar-refractivity contribution in [3.8, 4) is 11.5 Å². The highest BCUT2D eigenvalue weighted by molar-refractivity contribution is 7.92. The first-order chi connectivity index (χ1) is 18.5. The molecule has 0 N–H and O–H groups in total. The molecule has 0 radical (unpaired) electrons. The Bertz CT molecular complexity index is 1420. The Morgan fingerprint density at radius 3 is 1.70 bits per heavy atom. The molecule has 0 fully saturated rings. The smallest absolute Gasteiger partial charge is 0.429 e. The van der Waals surface area contributed by atoms with Crippen molar-refractivity contribution in [2.45, 2.75) is 59.1 Å². The average Bonchev–Trinajstić information content (AvgIpc) is 2.81. The first-order valence-corrected chi connectivity index (χ1v) is 16.6. The summed E-state index contributed by atoms with van der Waals surface area (Å²) in [6, 6.07) is 23.9. The number of hydrogen-bond acceptors (Lipinski definition) is 7. The largest absolute Gasteiger partial charge is 0.533 e. The molecule has 40 heavy (non-hydrogen) atoms. The molecule has 0 aliphatic carbocycles. The first kappa shape index (κ1) is 30.9. The molecule has 10 heteroatoms. The van der Waals surface area contributed by atoms with E-state index in [0.717, 1.165) is 16.6 Å². The van der Waals surface area contributed by atoms with Gasteiger partial charge in [0.2, 0.25) is 10.0 Å². The highest BCUT2D eigenvalue weighted by Gasteiger charge is 2.52. The number of sulfonamides is 1. The molecule has 1 amide bonds. The molecule has 0 unspecified atom stereocenters. The third-order valence-electron chi connectivity index (χ3n) is 5.98. The summed E-state index contributed by atoms with van der Waals surface area (Å²) >= 11 is 0. The fourth-order valence-electron chi connectivity index (χ4n) is 4.50. The number of esters is 1. The van der Waals surface area contributed by atoms with Crippen molar-refractivity contribution in [2.75, 3.05) is 10.6 Å². The minimum Gasteiger partial charge on any atom is -0.533 e. The highest BCUT2D eigenvalue weighted by Crippen LogP contribution is 2.42. The number of carbonyl (C=O) groups is 2. The number of nitrogens with zero attached hydrogens (tertiary/aromatic N) is 1. The average molecular weight is 584 g/mol. The third kappa shape index (κ3) is 6.92. The second-order valence-electron chi connectivity index (χ2n) is 11.5. The summed E-state index contributed by atoms with van der Waals surface area (Å²) in [5, 5.41) is 1.45. The van der Waals surface area contributed by atoms with Crippen molar-refractivity contribution in [1.29, 1.82) is 0 Å².